The molecule has 0 aliphatic heterocycles. The lowest BCUT2D eigenvalue weighted by Crippen LogP contribution is -2.22. The van der Waals surface area contributed by atoms with Gasteiger partial charge in [0.2, 0.25) is 0 Å². The van der Waals surface area contributed by atoms with Crippen molar-refractivity contribution in [1.82, 2.24) is 14.3 Å². The van der Waals surface area contributed by atoms with Crippen molar-refractivity contribution in [3.05, 3.63) is 52.4 Å². The maximum Gasteiger partial charge on any atom is 0.418 e. The minimum atomic E-state index is -4.61. The van der Waals surface area contributed by atoms with Crippen LogP contribution in [-0.4, -0.2) is 31.8 Å². The average molecular weight is 392 g/mol. The molecule has 1 aromatic heterocycles. The van der Waals surface area contributed by atoms with Gasteiger partial charge in [0, 0.05) is 29.4 Å². The van der Waals surface area contributed by atoms with Crippen LogP contribution in [0.15, 0.2) is 35.6 Å². The van der Waals surface area contributed by atoms with Crippen molar-refractivity contribution >= 4 is 35.9 Å². The molecule has 1 N–H and O–H groups in total. The topological polar surface area (TPSA) is 83.4 Å². The number of halogens is 4. The second-order valence-electron chi connectivity index (χ2n) is 4.62. The molecule has 0 saturated carbocycles. The second-order valence-corrected chi connectivity index (χ2v) is 6.07. The molecule has 0 bridgehead atoms. The van der Waals surface area contributed by atoms with Crippen LogP contribution in [0.1, 0.15) is 21.6 Å². The van der Waals surface area contributed by atoms with Crippen molar-refractivity contribution in [2.24, 2.45) is 0 Å². The molecular formula is C14H9ClF3N3O3S. The molecule has 2 rings (SSSR count). The highest BCUT2D eigenvalue weighted by Crippen LogP contribution is 2.33. The van der Waals surface area contributed by atoms with Gasteiger partial charge in [0.1, 0.15) is 10.7 Å². The normalized spacial score (nSPS) is 11.2. The molecule has 0 aliphatic rings. The van der Waals surface area contributed by atoms with Gasteiger partial charge in [-0.15, -0.1) is 0 Å². The van der Waals surface area contributed by atoms with Crippen molar-refractivity contribution in [3.8, 4) is 0 Å². The van der Waals surface area contributed by atoms with Gasteiger partial charge >= 0.3 is 12.3 Å². The fraction of sp³-hybridized carbons (Fsp3) is 0.143. The summed E-state index contributed by atoms with van der Waals surface area (Å²) in [5.41, 5.74) is -1.04. The Balaban J connectivity index is 2.30. The maximum atomic E-state index is 12.8. The smallest absolute Gasteiger partial charge is 0.418 e. The lowest BCUT2D eigenvalue weighted by Gasteiger charge is -2.18. The van der Waals surface area contributed by atoms with E-state index in [0.29, 0.717) is 18.2 Å². The Kier molecular flexibility index (Phi) is 5.85. The summed E-state index contributed by atoms with van der Waals surface area (Å²) in [6.45, 7) is -0.404. The summed E-state index contributed by atoms with van der Waals surface area (Å²) in [6, 6.07) is 2.78. The molecule has 0 spiro atoms. The molecule has 0 atom stereocenters. The molecule has 1 aromatic carbocycles. The van der Waals surface area contributed by atoms with Crippen LogP contribution in [0.2, 0.25) is 5.02 Å². The first kappa shape index (κ1) is 19.0. The van der Waals surface area contributed by atoms with Crippen molar-refractivity contribution < 1.29 is 27.9 Å². The first-order valence-electron chi connectivity index (χ1n) is 6.52. The molecule has 11 heteroatoms. The summed E-state index contributed by atoms with van der Waals surface area (Å²) in [4.78, 5) is 29.9. The van der Waals surface area contributed by atoms with Crippen LogP contribution < -0.4 is 0 Å². The van der Waals surface area contributed by atoms with Gasteiger partial charge in [-0.2, -0.15) is 13.2 Å². The van der Waals surface area contributed by atoms with Gasteiger partial charge < -0.3 is 5.11 Å². The third-order valence-electron chi connectivity index (χ3n) is 2.82. The molecule has 0 unspecified atom stereocenters. The Hall–Kier alpha value is -2.33. The largest absolute Gasteiger partial charge is 0.464 e. The summed E-state index contributed by atoms with van der Waals surface area (Å²) in [6.07, 6.45) is -3.13. The number of carbonyl (C=O) groups is 2. The number of nitrogens with zero attached hydrogens (tertiary/aromatic N) is 3. The first-order chi connectivity index (χ1) is 11.7. The van der Waals surface area contributed by atoms with Gasteiger partial charge in [0.05, 0.1) is 12.1 Å². The second kappa shape index (κ2) is 7.70. The SMILES string of the molecule is O=Cc1nccnc1SN(Cc1cc(Cl)cc(C(F)(F)F)c1)C(=O)O. The van der Waals surface area contributed by atoms with Gasteiger partial charge in [-0.1, -0.05) is 11.6 Å². The zero-order valence-electron chi connectivity index (χ0n) is 12.2. The van der Waals surface area contributed by atoms with Gasteiger partial charge in [0.15, 0.2) is 6.29 Å². The van der Waals surface area contributed by atoms with E-state index in [2.05, 4.69) is 9.97 Å². The van der Waals surface area contributed by atoms with E-state index in [9.17, 15) is 27.9 Å². The predicted octanol–water partition coefficient (Wildman–Crippen LogP) is 4.15. The number of carboxylic acid groups (broad SMARTS) is 1. The number of alkyl halides is 3. The molecule has 25 heavy (non-hydrogen) atoms. The monoisotopic (exact) mass is 391 g/mol. The molecule has 6 nitrogen and oxygen atoms in total. The molecule has 0 fully saturated rings. The quantitative estimate of drug-likeness (QED) is 0.609. The van der Waals surface area contributed by atoms with E-state index < -0.39 is 24.4 Å². The third-order valence-corrected chi connectivity index (χ3v) is 4.04. The summed E-state index contributed by atoms with van der Waals surface area (Å²) in [5, 5.41) is 9.11. The highest BCUT2D eigenvalue weighted by molar-refractivity contribution is 7.97. The number of hydrogen-bond donors (Lipinski definition) is 1. The highest BCUT2D eigenvalue weighted by atomic mass is 35.5. The number of aromatic nitrogens is 2. The van der Waals surface area contributed by atoms with Gasteiger partial charge in [0.25, 0.3) is 0 Å². The fourth-order valence-electron chi connectivity index (χ4n) is 1.80. The van der Waals surface area contributed by atoms with Crippen LogP contribution >= 0.6 is 23.5 Å². The van der Waals surface area contributed by atoms with E-state index in [-0.39, 0.29) is 21.3 Å². The standard InChI is InChI=1S/C14H9ClF3N3O3S/c15-10-4-8(3-9(5-10)14(16,17)18)6-21(13(23)24)25-12-11(7-22)19-1-2-20-12/h1-5,7H,6H2,(H,23,24). The van der Waals surface area contributed by atoms with Crippen molar-refractivity contribution in [3.63, 3.8) is 0 Å². The summed E-state index contributed by atoms with van der Waals surface area (Å²) >= 11 is 6.25. The van der Waals surface area contributed by atoms with E-state index >= 15 is 0 Å². The Morgan fingerprint density at radius 2 is 1.96 bits per heavy atom. The highest BCUT2D eigenvalue weighted by Gasteiger charge is 2.31. The number of rotatable bonds is 5. The van der Waals surface area contributed by atoms with E-state index in [1.807, 2.05) is 0 Å². The third kappa shape index (κ3) is 5.07. The molecule has 1 amide bonds. The number of amides is 1. The molecule has 1 heterocycles. The summed E-state index contributed by atoms with van der Waals surface area (Å²) < 4.78 is 39.2. The number of aldehydes is 1. The average Bonchev–Trinajstić information content (AvgIpc) is 2.53. The number of hydrogen-bond acceptors (Lipinski definition) is 5. The lowest BCUT2D eigenvalue weighted by atomic mass is 10.1. The number of benzene rings is 1. The fourth-order valence-corrected chi connectivity index (χ4v) is 2.86. The van der Waals surface area contributed by atoms with Crippen LogP contribution in [0, 0.1) is 0 Å². The molecule has 0 radical (unpaired) electrons. The molecule has 2 aromatic rings. The molecule has 0 aliphatic carbocycles. The minimum Gasteiger partial charge on any atom is -0.464 e. The molecule has 0 saturated heterocycles. The Morgan fingerprint density at radius 3 is 2.56 bits per heavy atom. The van der Waals surface area contributed by atoms with Crippen LogP contribution in [0.25, 0.3) is 0 Å². The van der Waals surface area contributed by atoms with Gasteiger partial charge in [-0.05, 0) is 23.8 Å². The number of carbonyl (C=O) groups excluding carboxylic acids is 1. The minimum absolute atomic E-state index is 0.0120. The van der Waals surface area contributed by atoms with E-state index in [4.69, 9.17) is 11.6 Å². The zero-order valence-corrected chi connectivity index (χ0v) is 13.8. The lowest BCUT2D eigenvalue weighted by molar-refractivity contribution is -0.137. The van der Waals surface area contributed by atoms with Gasteiger partial charge in [-0.25, -0.2) is 19.1 Å². The summed E-state index contributed by atoms with van der Waals surface area (Å²) in [7, 11) is 0. The Bertz CT molecular complexity index is 804. The Morgan fingerprint density at radius 1 is 1.28 bits per heavy atom. The van der Waals surface area contributed by atoms with E-state index in [1.165, 1.54) is 18.5 Å². The van der Waals surface area contributed by atoms with Crippen LogP contribution in [0.4, 0.5) is 18.0 Å². The summed E-state index contributed by atoms with van der Waals surface area (Å²) in [5.74, 6) is 0. The van der Waals surface area contributed by atoms with E-state index in [0.717, 1.165) is 16.4 Å². The molecule has 132 valence electrons. The first-order valence-corrected chi connectivity index (χ1v) is 7.67. The Labute approximate surface area is 148 Å². The van der Waals surface area contributed by atoms with E-state index in [1.54, 1.807) is 0 Å². The van der Waals surface area contributed by atoms with Crippen LogP contribution in [0.3, 0.4) is 0 Å². The maximum absolute atomic E-state index is 12.8. The van der Waals surface area contributed by atoms with Crippen LogP contribution in [0.5, 0.6) is 0 Å². The molecular weight excluding hydrogens is 383 g/mol. The van der Waals surface area contributed by atoms with Crippen molar-refractivity contribution in [2.45, 2.75) is 17.7 Å². The van der Waals surface area contributed by atoms with Crippen molar-refractivity contribution in [2.75, 3.05) is 0 Å². The van der Waals surface area contributed by atoms with Crippen LogP contribution in [-0.2, 0) is 12.7 Å². The van der Waals surface area contributed by atoms with Gasteiger partial charge in [-0.3, -0.25) is 4.79 Å². The predicted molar refractivity (Wildman–Crippen MR) is 83.3 cm³/mol. The zero-order chi connectivity index (χ0) is 18.6. The van der Waals surface area contributed by atoms with Crippen molar-refractivity contribution in [1.29, 1.82) is 0 Å².